The summed E-state index contributed by atoms with van der Waals surface area (Å²) in [6.45, 7) is 4.95. The van der Waals surface area contributed by atoms with Gasteiger partial charge in [-0.2, -0.15) is 0 Å². The minimum atomic E-state index is -1.84. The molecule has 0 aliphatic carbocycles. The van der Waals surface area contributed by atoms with Crippen LogP contribution in [0.5, 0.6) is 0 Å². The Kier molecular flexibility index (Phi) is 11.7. The van der Waals surface area contributed by atoms with Crippen LogP contribution in [0.3, 0.4) is 0 Å². The zero-order valence-corrected chi connectivity index (χ0v) is 10.9. The first-order valence-corrected chi connectivity index (χ1v) is 6.63. The maximum atomic E-state index is 10.7. The average molecular weight is 243 g/mol. The van der Waals surface area contributed by atoms with Crippen molar-refractivity contribution in [1.29, 1.82) is 0 Å². The van der Waals surface area contributed by atoms with Gasteiger partial charge in [0.25, 0.3) is 0 Å². The van der Waals surface area contributed by atoms with Gasteiger partial charge in [0.1, 0.15) is 13.2 Å². The molecule has 0 fully saturated rings. The quantitative estimate of drug-likeness (QED) is 0.703. The van der Waals surface area contributed by atoms with Gasteiger partial charge in [-0.15, -0.1) is 9.05 Å². The Morgan fingerprint density at radius 1 is 0.812 bits per heavy atom. The monoisotopic (exact) mass is 243 g/mol. The average Bonchev–Trinajstić information content (AvgIpc) is 2.36. The van der Waals surface area contributed by atoms with E-state index < -0.39 is 8.25 Å². The van der Waals surface area contributed by atoms with E-state index in [-0.39, 0.29) is 0 Å². The lowest BCUT2D eigenvalue weighted by molar-refractivity contribution is 0.226. The van der Waals surface area contributed by atoms with Crippen molar-refractivity contribution >= 4 is 8.25 Å². The first kappa shape index (κ1) is 15.2. The summed E-state index contributed by atoms with van der Waals surface area (Å²) in [5.41, 5.74) is 0. The zero-order chi connectivity index (χ0) is 12.1. The molecule has 90 valence electrons. The second-order valence-electron chi connectivity index (χ2n) is 3.04. The smallest absolute Gasteiger partial charge is 0.119 e. The summed E-state index contributed by atoms with van der Waals surface area (Å²) < 4.78 is 20.2. The Hall–Kier alpha value is -0.760. The Morgan fingerprint density at radius 2 is 1.12 bits per heavy atom. The van der Waals surface area contributed by atoms with Crippen molar-refractivity contribution < 1.29 is 13.6 Å². The van der Waals surface area contributed by atoms with Crippen LogP contribution in [-0.2, 0) is 13.6 Å². The van der Waals surface area contributed by atoms with E-state index in [2.05, 4.69) is 0 Å². The Balaban J connectivity index is 0.000000315. The zero-order valence-electron chi connectivity index (χ0n) is 9.96. The third-order valence-electron chi connectivity index (χ3n) is 1.47. The normalized spacial score (nSPS) is 9.12. The highest BCUT2D eigenvalue weighted by Gasteiger charge is 2.17. The molecule has 0 spiro atoms. The molecule has 0 aliphatic heterocycles. The van der Waals surface area contributed by atoms with E-state index in [0.29, 0.717) is 13.2 Å². The summed E-state index contributed by atoms with van der Waals surface area (Å²) in [6, 6.07) is 12.0. The molecule has 0 amide bonds. The molecule has 4 heteroatoms. The molecule has 1 rings (SSSR count). The summed E-state index contributed by atoms with van der Waals surface area (Å²) in [4.78, 5) is 0. The highest BCUT2D eigenvalue weighted by atomic mass is 31.1. The van der Waals surface area contributed by atoms with Crippen LogP contribution in [0.2, 0.25) is 0 Å². The van der Waals surface area contributed by atoms with E-state index in [1.165, 1.54) is 0 Å². The molecule has 0 atom stereocenters. The highest BCUT2D eigenvalue weighted by Crippen LogP contribution is 2.23. The van der Waals surface area contributed by atoms with Gasteiger partial charge < -0.3 is 0 Å². The van der Waals surface area contributed by atoms with Gasteiger partial charge in [0.15, 0.2) is 0 Å². The summed E-state index contributed by atoms with van der Waals surface area (Å²) >= 11 is 0. The SMILES string of the molecule is CCCO[P+](=O)OCCC.c1ccccc1. The molecule has 1 aromatic carbocycles. The molecule has 0 aliphatic rings. The number of benzene rings is 1. The molecule has 3 nitrogen and oxygen atoms in total. The second-order valence-corrected chi connectivity index (χ2v) is 4.01. The lowest BCUT2D eigenvalue weighted by Gasteiger charge is -1.85. The highest BCUT2D eigenvalue weighted by molar-refractivity contribution is 7.33. The molecule has 0 aromatic heterocycles. The fourth-order valence-corrected chi connectivity index (χ4v) is 1.49. The molecule has 0 saturated heterocycles. The van der Waals surface area contributed by atoms with Crippen LogP contribution in [0.25, 0.3) is 0 Å². The lowest BCUT2D eigenvalue weighted by atomic mass is 10.4. The third-order valence-corrected chi connectivity index (χ3v) is 2.26. The molecule has 0 heterocycles. The van der Waals surface area contributed by atoms with Gasteiger partial charge in [-0.1, -0.05) is 50.2 Å². The first-order valence-electron chi connectivity index (χ1n) is 5.54. The van der Waals surface area contributed by atoms with Gasteiger partial charge in [-0.3, -0.25) is 0 Å². The third kappa shape index (κ3) is 11.3. The predicted octanol–water partition coefficient (Wildman–Crippen LogP) is 4.18. The van der Waals surface area contributed by atoms with E-state index >= 15 is 0 Å². The Labute approximate surface area is 98.7 Å². The van der Waals surface area contributed by atoms with Crippen molar-refractivity contribution in [3.8, 4) is 0 Å². The second kappa shape index (κ2) is 12.3. The minimum Gasteiger partial charge on any atom is -0.119 e. The van der Waals surface area contributed by atoms with Crippen molar-refractivity contribution in [2.24, 2.45) is 0 Å². The van der Waals surface area contributed by atoms with Crippen molar-refractivity contribution in [3.63, 3.8) is 0 Å². The summed E-state index contributed by atoms with van der Waals surface area (Å²) in [6.07, 6.45) is 1.74. The van der Waals surface area contributed by atoms with Crippen molar-refractivity contribution in [3.05, 3.63) is 36.4 Å². The largest absolute Gasteiger partial charge is 0.697 e. The summed E-state index contributed by atoms with van der Waals surface area (Å²) in [5, 5.41) is 0. The van der Waals surface area contributed by atoms with Gasteiger partial charge in [0.2, 0.25) is 0 Å². The number of hydrogen-bond acceptors (Lipinski definition) is 3. The summed E-state index contributed by atoms with van der Waals surface area (Å²) in [7, 11) is -1.84. The Morgan fingerprint density at radius 3 is 1.38 bits per heavy atom. The van der Waals surface area contributed by atoms with Crippen LogP contribution in [0.4, 0.5) is 0 Å². The van der Waals surface area contributed by atoms with Crippen molar-refractivity contribution in [2.75, 3.05) is 13.2 Å². The van der Waals surface area contributed by atoms with Crippen LogP contribution < -0.4 is 0 Å². The van der Waals surface area contributed by atoms with E-state index in [1.54, 1.807) is 0 Å². The fraction of sp³-hybridized carbons (Fsp3) is 0.500. The maximum absolute atomic E-state index is 10.7. The topological polar surface area (TPSA) is 35.5 Å². The van der Waals surface area contributed by atoms with Crippen LogP contribution in [0.1, 0.15) is 26.7 Å². The van der Waals surface area contributed by atoms with Crippen LogP contribution >= 0.6 is 8.25 Å². The van der Waals surface area contributed by atoms with Crippen molar-refractivity contribution in [2.45, 2.75) is 26.7 Å². The predicted molar refractivity (Wildman–Crippen MR) is 66.5 cm³/mol. The van der Waals surface area contributed by atoms with Crippen LogP contribution in [0, 0.1) is 0 Å². The molecule has 0 bridgehead atoms. The molecule has 1 aromatic rings. The van der Waals surface area contributed by atoms with E-state index in [1.807, 2.05) is 50.2 Å². The fourth-order valence-electron chi connectivity index (χ4n) is 0.754. The maximum Gasteiger partial charge on any atom is 0.697 e. The molecule has 0 radical (unpaired) electrons. The molecule has 0 unspecified atom stereocenters. The molecule has 0 saturated carbocycles. The number of rotatable bonds is 6. The van der Waals surface area contributed by atoms with Crippen LogP contribution in [0.15, 0.2) is 36.4 Å². The standard InChI is InChI=1S/C6H14O3P.C6H6/c1-3-5-8-10(7)9-6-4-2;1-2-4-6-5-3-1/h3-6H2,1-2H3;1-6H/q+1;. The molecule has 0 N–H and O–H groups in total. The number of hydrogen-bond donors (Lipinski definition) is 0. The van der Waals surface area contributed by atoms with E-state index in [0.717, 1.165) is 12.8 Å². The van der Waals surface area contributed by atoms with E-state index in [4.69, 9.17) is 9.05 Å². The summed E-state index contributed by atoms with van der Waals surface area (Å²) in [5.74, 6) is 0. The van der Waals surface area contributed by atoms with Gasteiger partial charge in [0, 0.05) is 4.57 Å². The van der Waals surface area contributed by atoms with E-state index in [9.17, 15) is 4.57 Å². The van der Waals surface area contributed by atoms with Gasteiger partial charge >= 0.3 is 8.25 Å². The Bertz CT molecular complexity index is 215. The first-order chi connectivity index (χ1) is 7.81. The van der Waals surface area contributed by atoms with Crippen molar-refractivity contribution in [1.82, 2.24) is 0 Å². The van der Waals surface area contributed by atoms with Gasteiger partial charge in [-0.05, 0) is 12.8 Å². The molecular formula is C12H20O3P+. The lowest BCUT2D eigenvalue weighted by Crippen LogP contribution is -1.87. The van der Waals surface area contributed by atoms with Gasteiger partial charge in [0.05, 0.1) is 0 Å². The van der Waals surface area contributed by atoms with Gasteiger partial charge in [-0.25, -0.2) is 0 Å². The molecular weight excluding hydrogens is 223 g/mol. The van der Waals surface area contributed by atoms with Crippen LogP contribution in [-0.4, -0.2) is 13.2 Å². The minimum absolute atomic E-state index is 0.513. The molecule has 16 heavy (non-hydrogen) atoms.